The summed E-state index contributed by atoms with van der Waals surface area (Å²) in [6.07, 6.45) is 17.0. The number of hydrogen-bond acceptors (Lipinski definition) is 0. The molecule has 18 rings (SSSR count). The Balaban J connectivity index is 0.000000119. The molecule has 0 amide bonds. The van der Waals surface area contributed by atoms with Crippen molar-refractivity contribution in [1.29, 1.82) is 0 Å². The van der Waals surface area contributed by atoms with E-state index in [0.717, 1.165) is 0 Å². The molecule has 0 aliphatic carbocycles. The first-order valence-corrected chi connectivity index (χ1v) is 39.7. The Morgan fingerprint density at radius 1 is 0.219 bits per heavy atom. The van der Waals surface area contributed by atoms with Crippen molar-refractivity contribution in [2.75, 3.05) is 0 Å². The molecule has 0 atom stereocenters. The van der Waals surface area contributed by atoms with E-state index in [2.05, 4.69) is 477 Å². The summed E-state index contributed by atoms with van der Waals surface area (Å²) in [5.41, 5.74) is 46.3. The highest BCUT2D eigenvalue weighted by atomic mass is 15.0. The summed E-state index contributed by atoms with van der Waals surface area (Å²) in [5, 5.41) is 0. The fourth-order valence-electron chi connectivity index (χ4n) is 16.6. The molecule has 0 aliphatic heterocycles. The van der Waals surface area contributed by atoms with Crippen LogP contribution in [0.1, 0.15) is 101 Å². The van der Waals surface area contributed by atoms with Crippen molar-refractivity contribution in [3.8, 4) is 68.1 Å². The maximum absolute atomic E-state index is 2.34. The van der Waals surface area contributed by atoms with Gasteiger partial charge >= 0.3 is 0 Å². The lowest BCUT2D eigenvalue weighted by Gasteiger charge is -2.11. The van der Waals surface area contributed by atoms with E-state index in [1.165, 1.54) is 202 Å². The van der Waals surface area contributed by atoms with Crippen molar-refractivity contribution in [2.45, 2.75) is 125 Å². The second-order valence-electron chi connectivity index (χ2n) is 31.7. The Labute approximate surface area is 674 Å². The summed E-state index contributed by atoms with van der Waals surface area (Å²) >= 11 is 0. The van der Waals surface area contributed by atoms with Crippen LogP contribution >= 0.6 is 0 Å². The number of pyridine rings is 12. The zero-order chi connectivity index (χ0) is 81.4. The Morgan fingerprint density at radius 2 is 0.526 bits per heavy atom. The number of hydrogen-bond donors (Lipinski definition) is 0. The summed E-state index contributed by atoms with van der Waals surface area (Å²) in [4.78, 5) is 0. The van der Waals surface area contributed by atoms with Gasteiger partial charge in [-0.05, 0) is 295 Å². The van der Waals surface area contributed by atoms with Crippen LogP contribution in [-0.2, 0) is 42.3 Å². The average molecular weight is 1510 g/mol. The average Bonchev–Trinajstić information content (AvgIpc) is 1.71. The number of nitrogens with zero attached hydrogens (tertiary/aromatic N) is 12. The molecule has 0 saturated heterocycles. The predicted molar refractivity (Wildman–Crippen MR) is 469 cm³/mol. The van der Waals surface area contributed by atoms with Gasteiger partial charge in [-0.25, -0.2) is 9.13 Å². The quantitative estimate of drug-likeness (QED) is 0.149. The zero-order valence-corrected chi connectivity index (χ0v) is 71.6. The van der Waals surface area contributed by atoms with Gasteiger partial charge in [0.15, 0.2) is 37.2 Å². The zero-order valence-electron chi connectivity index (χ0n) is 71.6. The van der Waals surface area contributed by atoms with Crippen LogP contribution in [0.15, 0.2) is 256 Å². The van der Waals surface area contributed by atoms with E-state index in [9.17, 15) is 0 Å². The first kappa shape index (κ1) is 79.5. The highest BCUT2D eigenvalue weighted by Gasteiger charge is 2.25. The van der Waals surface area contributed by atoms with E-state index in [-0.39, 0.29) is 0 Å². The Hall–Kier alpha value is -12.5. The minimum absolute atomic E-state index is 1.25. The van der Waals surface area contributed by atoms with Gasteiger partial charge in [0.25, 0.3) is 0 Å². The Bertz CT molecular complexity index is 6310. The molecule has 114 heavy (non-hydrogen) atoms. The second kappa shape index (κ2) is 33.0. The lowest BCUT2D eigenvalue weighted by atomic mass is 10.0. The van der Waals surface area contributed by atoms with Gasteiger partial charge in [0, 0.05) is 152 Å². The summed E-state index contributed by atoms with van der Waals surface area (Å²) in [6.45, 7) is 39.0. The highest BCUT2D eigenvalue weighted by molar-refractivity contribution is 5.77. The van der Waals surface area contributed by atoms with Gasteiger partial charge in [0.2, 0.25) is 34.2 Å². The van der Waals surface area contributed by atoms with Crippen molar-refractivity contribution in [1.82, 2.24) is 26.4 Å². The van der Waals surface area contributed by atoms with Crippen LogP contribution in [-0.4, -0.2) is 26.4 Å². The predicted octanol–water partition coefficient (Wildman–Crippen LogP) is 20.1. The maximum atomic E-state index is 2.34. The molecule has 0 unspecified atom stereocenters. The third-order valence-electron chi connectivity index (χ3n) is 22.7. The van der Waals surface area contributed by atoms with Gasteiger partial charge < -0.3 is 26.4 Å². The third-order valence-corrected chi connectivity index (χ3v) is 22.7. The van der Waals surface area contributed by atoms with E-state index in [0.29, 0.717) is 0 Å². The van der Waals surface area contributed by atoms with Gasteiger partial charge in [-0.15, -0.1) is 0 Å². The number of aryl methyl sites for hydroxylation is 24. The molecule has 0 spiro atoms. The number of fused-ring (bicyclic) bond motifs is 6. The van der Waals surface area contributed by atoms with Crippen molar-refractivity contribution in [2.24, 2.45) is 42.3 Å². The molecule has 18 aromatic rings. The first-order valence-electron chi connectivity index (χ1n) is 39.7. The molecule has 0 radical (unpaired) electrons. The smallest absolute Gasteiger partial charge is 0.229 e. The van der Waals surface area contributed by atoms with Crippen LogP contribution in [0.3, 0.4) is 0 Å². The lowest BCUT2D eigenvalue weighted by Crippen LogP contribution is -2.31. The molecule has 0 fully saturated rings. The lowest BCUT2D eigenvalue weighted by molar-refractivity contribution is -0.660. The summed E-state index contributed by atoms with van der Waals surface area (Å²) in [5.74, 6) is 0. The van der Waals surface area contributed by atoms with E-state index < -0.39 is 0 Å². The standard InChI is InChI=1S/6C17H19N2/c2*1-12-9-10-18(4)16(11-12)17-13(2)5-7-15-8-6-14(3)19(15)17;1-12-7-9-18(4)16(10-12)17-13(2)11-15-6-5-8-19(15)14(17)3;2*1-12-8-9-18(4)16(10-12)17-13(2)11-15-7-5-6-14(3)19(15)17;1-12-8-10-18(4)16(11-12)17-13(2)15-7-5-6-9-19(15)14(17)3/h6*5-11H,1-4H3/q6*+1. The molecule has 18 aromatic heterocycles. The van der Waals surface area contributed by atoms with E-state index in [4.69, 9.17) is 0 Å². The van der Waals surface area contributed by atoms with Gasteiger partial charge in [0.05, 0.1) is 11.1 Å². The van der Waals surface area contributed by atoms with E-state index in [1.54, 1.807) is 0 Å². The van der Waals surface area contributed by atoms with Crippen molar-refractivity contribution in [3.63, 3.8) is 0 Å². The molecule has 0 bridgehead atoms. The third kappa shape index (κ3) is 15.9. The van der Waals surface area contributed by atoms with Crippen LogP contribution in [0.2, 0.25) is 0 Å². The summed E-state index contributed by atoms with van der Waals surface area (Å²) < 4.78 is 27.0. The molecule has 18 heterocycles. The molecule has 576 valence electrons. The van der Waals surface area contributed by atoms with Gasteiger partial charge in [-0.1, -0.05) is 30.3 Å². The second-order valence-corrected chi connectivity index (χ2v) is 31.7. The minimum Gasteiger partial charge on any atom is -0.320 e. The van der Waals surface area contributed by atoms with Crippen molar-refractivity contribution in [3.05, 3.63) is 357 Å². The summed E-state index contributed by atoms with van der Waals surface area (Å²) in [7, 11) is 12.6. The van der Waals surface area contributed by atoms with Gasteiger partial charge in [-0.3, -0.25) is 0 Å². The van der Waals surface area contributed by atoms with E-state index in [1.807, 2.05) is 0 Å². The van der Waals surface area contributed by atoms with Gasteiger partial charge in [0.1, 0.15) is 65.1 Å². The van der Waals surface area contributed by atoms with Crippen molar-refractivity contribution >= 4 is 33.1 Å². The minimum atomic E-state index is 1.25. The fraction of sp³-hybridized carbons (Fsp3) is 0.235. The summed E-state index contributed by atoms with van der Waals surface area (Å²) in [6, 6.07) is 74.1. The van der Waals surface area contributed by atoms with Gasteiger partial charge in [-0.2, -0.15) is 18.3 Å². The van der Waals surface area contributed by atoms with E-state index >= 15 is 0 Å². The number of rotatable bonds is 6. The monoisotopic (exact) mass is 1510 g/mol. The molecular weight excluding hydrogens is 1390 g/mol. The van der Waals surface area contributed by atoms with Crippen LogP contribution in [0.5, 0.6) is 0 Å². The molecule has 12 heteroatoms. The SMILES string of the molecule is Cc1cc[n+](C)c(-c2c(C)c3ccccn3c2C)c1.Cc1cc[n+](C)c(-c2c(C)cc3cccc(C)n23)c1.Cc1cc[n+](C)c(-c2c(C)cc3cccc(C)n23)c1.Cc1cc[n+](C)c(-c2c(C)cc3cccn3c2C)c1.Cc1cc[n+](C)c(-c2c(C)ccc3ccc(C)n23)c1.Cc1cc[n+](C)c(-c2c(C)ccc3ccc(C)n23)c1. The van der Waals surface area contributed by atoms with Crippen LogP contribution in [0.25, 0.3) is 101 Å². The fourth-order valence-corrected chi connectivity index (χ4v) is 16.6. The highest BCUT2D eigenvalue weighted by Crippen LogP contribution is 2.34. The normalized spacial score (nSPS) is 11.2. The Morgan fingerprint density at radius 3 is 0.921 bits per heavy atom. The molecule has 0 aliphatic rings. The largest absolute Gasteiger partial charge is 0.320 e. The molecular formula is C102H114N12+6. The molecule has 0 N–H and O–H groups in total. The molecule has 12 nitrogen and oxygen atoms in total. The van der Waals surface area contributed by atoms with Crippen molar-refractivity contribution < 1.29 is 27.4 Å². The topological polar surface area (TPSA) is 49.7 Å². The van der Waals surface area contributed by atoms with Crippen LogP contribution in [0, 0.1) is 125 Å². The Kier molecular flexibility index (Phi) is 23.0. The molecule has 0 aromatic carbocycles. The van der Waals surface area contributed by atoms with Crippen LogP contribution in [0.4, 0.5) is 0 Å². The first-order chi connectivity index (χ1) is 54.5. The molecule has 0 saturated carbocycles. The number of aromatic nitrogens is 12. The maximum Gasteiger partial charge on any atom is 0.229 e. The van der Waals surface area contributed by atoms with Crippen LogP contribution < -0.4 is 27.4 Å².